The van der Waals surface area contributed by atoms with Crippen molar-refractivity contribution in [3.63, 3.8) is 0 Å². The molecular weight excluding hydrogens is 230 g/mol. The van der Waals surface area contributed by atoms with Crippen LogP contribution in [-0.2, 0) is 4.79 Å². The van der Waals surface area contributed by atoms with E-state index in [4.69, 9.17) is 4.42 Å². The van der Waals surface area contributed by atoms with E-state index in [0.717, 1.165) is 11.3 Å². The molecule has 0 saturated carbocycles. The maximum atomic E-state index is 11.6. The van der Waals surface area contributed by atoms with Gasteiger partial charge in [0.2, 0.25) is 5.91 Å². The van der Waals surface area contributed by atoms with Gasteiger partial charge in [-0.05, 0) is 12.1 Å². The highest BCUT2D eigenvalue weighted by atomic mass is 16.3. The first-order chi connectivity index (χ1) is 8.56. The van der Waals surface area contributed by atoms with Crippen molar-refractivity contribution < 1.29 is 9.21 Å². The van der Waals surface area contributed by atoms with Gasteiger partial charge in [-0.15, -0.1) is 0 Å². The standard InChI is InChI=1S/C13H15N3O2/c1-8(2)13(17)16-12-6-10(4-5-14-12)11-7-18-9(3)15-11/h4-8H,1-3H3,(H,14,16,17). The number of rotatable bonds is 3. The van der Waals surface area contributed by atoms with Crippen LogP contribution in [0.3, 0.4) is 0 Å². The van der Waals surface area contributed by atoms with Gasteiger partial charge in [0, 0.05) is 24.6 Å². The van der Waals surface area contributed by atoms with Crippen LogP contribution in [0.5, 0.6) is 0 Å². The Labute approximate surface area is 105 Å². The molecule has 0 atom stereocenters. The molecule has 0 aliphatic carbocycles. The molecule has 0 saturated heterocycles. The van der Waals surface area contributed by atoms with E-state index in [-0.39, 0.29) is 11.8 Å². The van der Waals surface area contributed by atoms with Crippen molar-refractivity contribution in [2.75, 3.05) is 5.32 Å². The summed E-state index contributed by atoms with van der Waals surface area (Å²) in [5, 5.41) is 2.75. The first-order valence-corrected chi connectivity index (χ1v) is 5.75. The highest BCUT2D eigenvalue weighted by Crippen LogP contribution is 2.20. The summed E-state index contributed by atoms with van der Waals surface area (Å²) in [5.74, 6) is 0.988. The van der Waals surface area contributed by atoms with Gasteiger partial charge in [-0.25, -0.2) is 9.97 Å². The van der Waals surface area contributed by atoms with Crippen molar-refractivity contribution in [3.8, 4) is 11.3 Å². The lowest BCUT2D eigenvalue weighted by Crippen LogP contribution is -2.18. The molecule has 0 spiro atoms. The van der Waals surface area contributed by atoms with Gasteiger partial charge in [-0.3, -0.25) is 4.79 Å². The maximum absolute atomic E-state index is 11.6. The number of aryl methyl sites for hydroxylation is 1. The Hall–Kier alpha value is -2.17. The summed E-state index contributed by atoms with van der Waals surface area (Å²) in [6.07, 6.45) is 3.22. The Morgan fingerprint density at radius 2 is 2.22 bits per heavy atom. The minimum absolute atomic E-state index is 0.0593. The summed E-state index contributed by atoms with van der Waals surface area (Å²) >= 11 is 0. The van der Waals surface area contributed by atoms with E-state index in [1.54, 1.807) is 25.5 Å². The van der Waals surface area contributed by atoms with Gasteiger partial charge in [0.15, 0.2) is 5.89 Å². The summed E-state index contributed by atoms with van der Waals surface area (Å²) < 4.78 is 5.16. The Bertz CT molecular complexity index is 561. The van der Waals surface area contributed by atoms with Crippen LogP contribution in [0.1, 0.15) is 19.7 Å². The number of anilines is 1. The molecule has 0 aromatic carbocycles. The van der Waals surface area contributed by atoms with Gasteiger partial charge in [0.25, 0.3) is 0 Å². The molecule has 0 unspecified atom stereocenters. The smallest absolute Gasteiger partial charge is 0.228 e. The normalized spacial score (nSPS) is 10.7. The van der Waals surface area contributed by atoms with Crippen LogP contribution in [-0.4, -0.2) is 15.9 Å². The molecule has 2 aromatic heterocycles. The van der Waals surface area contributed by atoms with Crippen LogP contribution < -0.4 is 5.32 Å². The minimum atomic E-state index is -0.0789. The number of nitrogens with zero attached hydrogens (tertiary/aromatic N) is 2. The first-order valence-electron chi connectivity index (χ1n) is 5.75. The van der Waals surface area contributed by atoms with E-state index >= 15 is 0 Å². The fourth-order valence-corrected chi connectivity index (χ4v) is 1.42. The molecule has 94 valence electrons. The molecule has 2 heterocycles. The third-order valence-corrected chi connectivity index (χ3v) is 2.45. The van der Waals surface area contributed by atoms with Gasteiger partial charge >= 0.3 is 0 Å². The lowest BCUT2D eigenvalue weighted by molar-refractivity contribution is -0.118. The fourth-order valence-electron chi connectivity index (χ4n) is 1.42. The molecular formula is C13H15N3O2. The van der Waals surface area contributed by atoms with E-state index in [9.17, 15) is 4.79 Å². The second-order valence-electron chi connectivity index (χ2n) is 4.33. The van der Waals surface area contributed by atoms with Crippen molar-refractivity contribution in [1.82, 2.24) is 9.97 Å². The van der Waals surface area contributed by atoms with Gasteiger partial charge in [-0.2, -0.15) is 0 Å². The largest absolute Gasteiger partial charge is 0.449 e. The lowest BCUT2D eigenvalue weighted by Gasteiger charge is -2.07. The number of hydrogen-bond donors (Lipinski definition) is 1. The number of carbonyl (C=O) groups excluding carboxylic acids is 1. The van der Waals surface area contributed by atoms with Crippen molar-refractivity contribution in [3.05, 3.63) is 30.5 Å². The Kier molecular flexibility index (Phi) is 3.41. The summed E-state index contributed by atoms with van der Waals surface area (Å²) in [6.45, 7) is 5.45. The number of carbonyl (C=O) groups is 1. The monoisotopic (exact) mass is 245 g/mol. The van der Waals surface area contributed by atoms with E-state index < -0.39 is 0 Å². The van der Waals surface area contributed by atoms with Crippen molar-refractivity contribution >= 4 is 11.7 Å². The van der Waals surface area contributed by atoms with E-state index in [0.29, 0.717) is 11.7 Å². The summed E-state index contributed by atoms with van der Waals surface area (Å²) in [6, 6.07) is 3.60. The van der Waals surface area contributed by atoms with Crippen LogP contribution in [0.4, 0.5) is 5.82 Å². The van der Waals surface area contributed by atoms with Crippen molar-refractivity contribution in [1.29, 1.82) is 0 Å². The van der Waals surface area contributed by atoms with Crippen LogP contribution in [0, 0.1) is 12.8 Å². The quantitative estimate of drug-likeness (QED) is 0.902. The van der Waals surface area contributed by atoms with Gasteiger partial charge in [-0.1, -0.05) is 13.8 Å². The average Bonchev–Trinajstić information content (AvgIpc) is 2.76. The van der Waals surface area contributed by atoms with Gasteiger partial charge < -0.3 is 9.73 Å². The second kappa shape index (κ2) is 5.00. The van der Waals surface area contributed by atoms with E-state index in [2.05, 4.69) is 15.3 Å². The molecule has 5 nitrogen and oxygen atoms in total. The molecule has 18 heavy (non-hydrogen) atoms. The van der Waals surface area contributed by atoms with Crippen LogP contribution >= 0.6 is 0 Å². The first kappa shape index (κ1) is 12.3. The molecule has 5 heteroatoms. The topological polar surface area (TPSA) is 68.0 Å². The Morgan fingerprint density at radius 1 is 1.44 bits per heavy atom. The third-order valence-electron chi connectivity index (χ3n) is 2.45. The number of aromatic nitrogens is 2. The zero-order chi connectivity index (χ0) is 13.1. The predicted molar refractivity (Wildman–Crippen MR) is 67.9 cm³/mol. The molecule has 0 fully saturated rings. The number of hydrogen-bond acceptors (Lipinski definition) is 4. The van der Waals surface area contributed by atoms with Crippen molar-refractivity contribution in [2.24, 2.45) is 5.92 Å². The molecule has 0 radical (unpaired) electrons. The summed E-state index contributed by atoms with van der Waals surface area (Å²) in [4.78, 5) is 19.9. The number of amides is 1. The molecule has 0 aliphatic heterocycles. The fraction of sp³-hybridized carbons (Fsp3) is 0.308. The zero-order valence-electron chi connectivity index (χ0n) is 10.6. The van der Waals surface area contributed by atoms with Gasteiger partial charge in [0.05, 0.1) is 0 Å². The van der Waals surface area contributed by atoms with Crippen LogP contribution in [0.25, 0.3) is 11.3 Å². The molecule has 1 N–H and O–H groups in total. The Morgan fingerprint density at radius 3 is 2.83 bits per heavy atom. The summed E-state index contributed by atoms with van der Waals surface area (Å²) in [5.41, 5.74) is 1.59. The maximum Gasteiger partial charge on any atom is 0.228 e. The Balaban J connectivity index is 2.23. The zero-order valence-corrected chi connectivity index (χ0v) is 10.6. The average molecular weight is 245 g/mol. The minimum Gasteiger partial charge on any atom is -0.449 e. The molecule has 2 rings (SSSR count). The molecule has 2 aromatic rings. The number of nitrogens with one attached hydrogen (secondary N) is 1. The predicted octanol–water partition coefficient (Wildman–Crippen LogP) is 2.64. The van der Waals surface area contributed by atoms with Crippen LogP contribution in [0.2, 0.25) is 0 Å². The lowest BCUT2D eigenvalue weighted by atomic mass is 10.2. The molecule has 0 bridgehead atoms. The molecule has 0 aliphatic rings. The van der Waals surface area contributed by atoms with E-state index in [1.807, 2.05) is 19.9 Å². The highest BCUT2D eigenvalue weighted by Gasteiger charge is 2.09. The van der Waals surface area contributed by atoms with E-state index in [1.165, 1.54) is 0 Å². The number of oxazole rings is 1. The molecule has 1 amide bonds. The van der Waals surface area contributed by atoms with Crippen LogP contribution in [0.15, 0.2) is 29.0 Å². The van der Waals surface area contributed by atoms with Crippen molar-refractivity contribution in [2.45, 2.75) is 20.8 Å². The summed E-state index contributed by atoms with van der Waals surface area (Å²) in [7, 11) is 0. The highest BCUT2D eigenvalue weighted by molar-refractivity contribution is 5.91. The number of pyridine rings is 1. The third kappa shape index (κ3) is 2.74. The SMILES string of the molecule is Cc1nc(-c2ccnc(NC(=O)C(C)C)c2)co1. The van der Waals surface area contributed by atoms with Gasteiger partial charge in [0.1, 0.15) is 17.8 Å². The second-order valence-corrected chi connectivity index (χ2v) is 4.33.